The highest BCUT2D eigenvalue weighted by atomic mass is 79.9. The average molecular weight is 439 g/mol. The average Bonchev–Trinajstić information content (AvgIpc) is 2.63. The van der Waals surface area contributed by atoms with Crippen molar-refractivity contribution in [1.82, 2.24) is 4.90 Å². The number of halogens is 3. The molecule has 2 aromatic rings. The lowest BCUT2D eigenvalue weighted by molar-refractivity contribution is -0.132. The Morgan fingerprint density at radius 3 is 2.59 bits per heavy atom. The monoisotopic (exact) mass is 438 g/mol. The van der Waals surface area contributed by atoms with Gasteiger partial charge in [-0.25, -0.2) is 8.78 Å². The number of nitrogens with zero attached hydrogens (tertiary/aromatic N) is 2. The highest BCUT2D eigenvalue weighted by molar-refractivity contribution is 9.10. The maximum Gasteiger partial charge on any atom is 0.260 e. The van der Waals surface area contributed by atoms with Crippen molar-refractivity contribution in [2.75, 3.05) is 20.3 Å². The number of nitriles is 1. The lowest BCUT2D eigenvalue weighted by Gasteiger charge is -2.19. The first-order valence-electron chi connectivity index (χ1n) is 8.02. The summed E-state index contributed by atoms with van der Waals surface area (Å²) in [4.78, 5) is 13.6. The van der Waals surface area contributed by atoms with Gasteiger partial charge in [-0.15, -0.1) is 0 Å². The molecule has 0 aliphatic rings. The number of ether oxygens (including phenoxy) is 2. The molecule has 0 unspecified atom stereocenters. The van der Waals surface area contributed by atoms with Crippen LogP contribution in [-0.4, -0.2) is 31.1 Å². The standard InChI is InChI=1S/C19H17BrF2N2O3/c1-3-26-17-8-13(9-23)6-14(20)19(17)27-11-18(25)24(2)10-12-4-5-15(21)16(22)7-12/h4-8H,3,10-11H2,1-2H3. The van der Waals surface area contributed by atoms with E-state index in [0.29, 0.717) is 33.7 Å². The maximum absolute atomic E-state index is 13.3. The number of benzene rings is 2. The number of hydrogen-bond donors (Lipinski definition) is 0. The predicted octanol–water partition coefficient (Wildman–Crippen LogP) is 4.04. The van der Waals surface area contributed by atoms with Crippen LogP contribution in [0.3, 0.4) is 0 Å². The molecule has 0 spiro atoms. The second kappa shape index (κ2) is 9.33. The van der Waals surface area contributed by atoms with E-state index in [0.717, 1.165) is 12.1 Å². The first-order valence-corrected chi connectivity index (χ1v) is 8.82. The summed E-state index contributed by atoms with van der Waals surface area (Å²) in [6, 6.07) is 8.58. The van der Waals surface area contributed by atoms with E-state index in [-0.39, 0.29) is 19.1 Å². The van der Waals surface area contributed by atoms with Gasteiger partial charge in [0.1, 0.15) is 0 Å². The lowest BCUT2D eigenvalue weighted by atomic mass is 10.2. The van der Waals surface area contributed by atoms with Crippen molar-refractivity contribution in [3.63, 3.8) is 0 Å². The number of hydrogen-bond acceptors (Lipinski definition) is 4. The Bertz CT molecular complexity index is 884. The third-order valence-corrected chi connectivity index (χ3v) is 4.20. The molecule has 142 valence electrons. The minimum atomic E-state index is -0.965. The summed E-state index contributed by atoms with van der Waals surface area (Å²) in [5, 5.41) is 9.04. The van der Waals surface area contributed by atoms with Gasteiger partial charge in [0.15, 0.2) is 29.7 Å². The lowest BCUT2D eigenvalue weighted by Crippen LogP contribution is -2.31. The highest BCUT2D eigenvalue weighted by Gasteiger charge is 2.16. The molecule has 0 N–H and O–H groups in total. The van der Waals surface area contributed by atoms with Gasteiger partial charge in [0.2, 0.25) is 0 Å². The molecule has 0 saturated heterocycles. The molecule has 27 heavy (non-hydrogen) atoms. The summed E-state index contributed by atoms with van der Waals surface area (Å²) in [7, 11) is 1.53. The second-order valence-electron chi connectivity index (χ2n) is 5.62. The van der Waals surface area contributed by atoms with E-state index in [1.54, 1.807) is 13.0 Å². The Kier molecular flexibility index (Phi) is 7.13. The molecule has 0 fully saturated rings. The predicted molar refractivity (Wildman–Crippen MR) is 98.4 cm³/mol. The number of likely N-dealkylation sites (N-methyl/N-ethyl adjacent to an activating group) is 1. The van der Waals surface area contributed by atoms with Crippen molar-refractivity contribution in [2.24, 2.45) is 0 Å². The zero-order chi connectivity index (χ0) is 20.0. The quantitative estimate of drug-likeness (QED) is 0.654. The van der Waals surface area contributed by atoms with Crippen LogP contribution in [0.15, 0.2) is 34.8 Å². The van der Waals surface area contributed by atoms with Crippen LogP contribution in [0.2, 0.25) is 0 Å². The highest BCUT2D eigenvalue weighted by Crippen LogP contribution is 2.36. The molecule has 2 aromatic carbocycles. The molecule has 1 amide bonds. The van der Waals surface area contributed by atoms with E-state index in [9.17, 15) is 13.6 Å². The Labute approximate surface area is 164 Å². The van der Waals surface area contributed by atoms with Crippen molar-refractivity contribution in [3.8, 4) is 17.6 Å². The molecule has 2 rings (SSSR count). The number of amides is 1. The van der Waals surface area contributed by atoms with E-state index in [1.165, 1.54) is 24.1 Å². The Morgan fingerprint density at radius 1 is 1.22 bits per heavy atom. The molecular formula is C19H17BrF2N2O3. The van der Waals surface area contributed by atoms with Crippen LogP contribution in [0.1, 0.15) is 18.1 Å². The van der Waals surface area contributed by atoms with Gasteiger partial charge in [-0.1, -0.05) is 6.07 Å². The molecule has 8 heteroatoms. The van der Waals surface area contributed by atoms with Crippen LogP contribution in [0.25, 0.3) is 0 Å². The summed E-state index contributed by atoms with van der Waals surface area (Å²) in [5.74, 6) is -1.61. The van der Waals surface area contributed by atoms with E-state index >= 15 is 0 Å². The van der Waals surface area contributed by atoms with Gasteiger partial charge >= 0.3 is 0 Å². The molecular weight excluding hydrogens is 422 g/mol. The van der Waals surface area contributed by atoms with E-state index in [2.05, 4.69) is 15.9 Å². The molecule has 5 nitrogen and oxygen atoms in total. The molecule has 0 aromatic heterocycles. The van der Waals surface area contributed by atoms with Crippen molar-refractivity contribution in [1.29, 1.82) is 5.26 Å². The van der Waals surface area contributed by atoms with Crippen molar-refractivity contribution in [3.05, 3.63) is 57.6 Å². The SMILES string of the molecule is CCOc1cc(C#N)cc(Br)c1OCC(=O)N(C)Cc1ccc(F)c(F)c1. The van der Waals surface area contributed by atoms with Crippen LogP contribution in [0.4, 0.5) is 8.78 Å². The molecule has 0 aliphatic heterocycles. The smallest absolute Gasteiger partial charge is 0.260 e. The van der Waals surface area contributed by atoms with Gasteiger partial charge in [0.25, 0.3) is 5.91 Å². The fourth-order valence-corrected chi connectivity index (χ4v) is 2.84. The molecule has 0 radical (unpaired) electrons. The molecule has 0 heterocycles. The van der Waals surface area contributed by atoms with Gasteiger partial charge in [0, 0.05) is 19.7 Å². The Hall–Kier alpha value is -2.66. The molecule has 0 aliphatic carbocycles. The van der Waals surface area contributed by atoms with Crippen molar-refractivity contribution >= 4 is 21.8 Å². The molecule has 0 atom stereocenters. The summed E-state index contributed by atoms with van der Waals surface area (Å²) in [6.07, 6.45) is 0. The van der Waals surface area contributed by atoms with Gasteiger partial charge < -0.3 is 14.4 Å². The summed E-state index contributed by atoms with van der Waals surface area (Å²) >= 11 is 3.31. The normalized spacial score (nSPS) is 10.2. The minimum absolute atomic E-state index is 0.103. The maximum atomic E-state index is 13.3. The van der Waals surface area contributed by atoms with Crippen molar-refractivity contribution in [2.45, 2.75) is 13.5 Å². The minimum Gasteiger partial charge on any atom is -0.490 e. The third-order valence-electron chi connectivity index (χ3n) is 3.61. The van der Waals surface area contributed by atoms with E-state index < -0.39 is 11.6 Å². The zero-order valence-corrected chi connectivity index (χ0v) is 16.3. The van der Waals surface area contributed by atoms with Crippen LogP contribution < -0.4 is 9.47 Å². The van der Waals surface area contributed by atoms with Gasteiger partial charge in [-0.3, -0.25) is 4.79 Å². The number of carbonyl (C=O) groups excluding carboxylic acids is 1. The van der Waals surface area contributed by atoms with Crippen molar-refractivity contribution < 1.29 is 23.0 Å². The summed E-state index contributed by atoms with van der Waals surface area (Å²) in [5.41, 5.74) is 0.846. The zero-order valence-electron chi connectivity index (χ0n) is 14.8. The molecule has 0 saturated carbocycles. The molecule has 0 bridgehead atoms. The summed E-state index contributed by atoms with van der Waals surface area (Å²) in [6.45, 7) is 1.97. The fourth-order valence-electron chi connectivity index (χ4n) is 2.28. The first-order chi connectivity index (χ1) is 12.8. The van der Waals surface area contributed by atoms with Crippen LogP contribution in [0.5, 0.6) is 11.5 Å². The van der Waals surface area contributed by atoms with E-state index in [4.69, 9.17) is 14.7 Å². The van der Waals surface area contributed by atoms with Crippen LogP contribution in [-0.2, 0) is 11.3 Å². The number of rotatable bonds is 7. The van der Waals surface area contributed by atoms with Crippen LogP contribution >= 0.6 is 15.9 Å². The van der Waals surface area contributed by atoms with Gasteiger partial charge in [-0.05, 0) is 46.6 Å². The Morgan fingerprint density at radius 2 is 1.96 bits per heavy atom. The second-order valence-corrected chi connectivity index (χ2v) is 6.47. The fraction of sp³-hybridized carbons (Fsp3) is 0.263. The first kappa shape index (κ1) is 20.6. The van der Waals surface area contributed by atoms with Gasteiger partial charge in [-0.2, -0.15) is 5.26 Å². The topological polar surface area (TPSA) is 62.6 Å². The largest absolute Gasteiger partial charge is 0.490 e. The Balaban J connectivity index is 2.06. The third kappa shape index (κ3) is 5.41. The van der Waals surface area contributed by atoms with E-state index in [1.807, 2.05) is 6.07 Å². The van der Waals surface area contributed by atoms with Crippen LogP contribution in [0, 0.1) is 23.0 Å². The number of carbonyl (C=O) groups is 1. The van der Waals surface area contributed by atoms with Gasteiger partial charge in [0.05, 0.1) is 22.7 Å². The summed E-state index contributed by atoms with van der Waals surface area (Å²) < 4.78 is 37.8.